The van der Waals surface area contributed by atoms with Crippen molar-refractivity contribution in [3.63, 3.8) is 0 Å². The molecule has 1 N–H and O–H groups in total. The van der Waals surface area contributed by atoms with E-state index in [1.54, 1.807) is 18.2 Å². The maximum Gasteiger partial charge on any atom is 0.322 e. The predicted molar refractivity (Wildman–Crippen MR) is 152 cm³/mol. The average molecular weight is 576 g/mol. The van der Waals surface area contributed by atoms with Crippen molar-refractivity contribution < 1.29 is 22.4 Å². The Labute approximate surface area is 235 Å². The van der Waals surface area contributed by atoms with Crippen LogP contribution in [-0.2, 0) is 26.2 Å². The van der Waals surface area contributed by atoms with E-state index in [2.05, 4.69) is 25.3 Å². The number of benzene rings is 3. The minimum Gasteiger partial charge on any atom is -0.340 e. The highest BCUT2D eigenvalue weighted by molar-refractivity contribution is 7.92. The van der Waals surface area contributed by atoms with Crippen LogP contribution in [0.3, 0.4) is 0 Å². The van der Waals surface area contributed by atoms with Crippen molar-refractivity contribution in [2.24, 2.45) is 0 Å². The van der Waals surface area contributed by atoms with Crippen LogP contribution in [0.5, 0.6) is 0 Å². The van der Waals surface area contributed by atoms with E-state index < -0.39 is 20.7 Å². The highest BCUT2D eigenvalue weighted by Crippen LogP contribution is 2.29. The molecule has 0 aliphatic carbocycles. The molecule has 5 rings (SSSR count). The number of nitrogens with one attached hydrogen (secondary N) is 1. The Hall–Kier alpha value is -4.88. The van der Waals surface area contributed by atoms with Gasteiger partial charge in [0.2, 0.25) is 0 Å². The number of nitrogens with zero attached hydrogens (tertiary/aromatic N) is 6. The van der Waals surface area contributed by atoms with Crippen molar-refractivity contribution in [1.82, 2.24) is 24.6 Å². The maximum absolute atomic E-state index is 14.2. The lowest BCUT2D eigenvalue weighted by molar-refractivity contribution is -0.128. The molecule has 2 heterocycles. The van der Waals surface area contributed by atoms with Crippen LogP contribution in [0.15, 0.2) is 90.2 Å². The Kier molecular flexibility index (Phi) is 7.90. The number of rotatable bonds is 11. The standard InChI is InChI=1S/C28H26FN7O4S/c1-34(2)13-14-35-26-12-7-20(15-21(26)17-32-35)25-16-28(31-18-30-25)33-22-8-10-23(11-9-22)36(40-19-37)41(38,39)27-6-4-3-5-24(27)29/h3-12,15-19H,13-14H2,1-2H3,(H,30,31,33). The van der Waals surface area contributed by atoms with E-state index >= 15 is 0 Å². The summed E-state index contributed by atoms with van der Waals surface area (Å²) in [7, 11) is -0.476. The van der Waals surface area contributed by atoms with Crippen molar-refractivity contribution in [2.75, 3.05) is 30.4 Å². The molecular formula is C28H26FN7O4S. The van der Waals surface area contributed by atoms with E-state index in [1.807, 2.05) is 43.2 Å². The van der Waals surface area contributed by atoms with Gasteiger partial charge in [0, 0.05) is 29.2 Å². The van der Waals surface area contributed by atoms with Gasteiger partial charge in [-0.05, 0) is 62.6 Å². The Morgan fingerprint density at radius 2 is 1.80 bits per heavy atom. The van der Waals surface area contributed by atoms with Crippen molar-refractivity contribution >= 4 is 44.6 Å². The minimum absolute atomic E-state index is 0.00582. The molecule has 5 aromatic rings. The molecular weight excluding hydrogens is 549 g/mol. The Balaban J connectivity index is 1.35. The molecule has 2 aromatic heterocycles. The van der Waals surface area contributed by atoms with E-state index in [4.69, 9.17) is 4.84 Å². The smallest absolute Gasteiger partial charge is 0.322 e. The van der Waals surface area contributed by atoms with Crippen LogP contribution in [0.2, 0.25) is 0 Å². The number of aromatic nitrogens is 4. The van der Waals surface area contributed by atoms with Gasteiger partial charge >= 0.3 is 6.47 Å². The number of anilines is 3. The molecule has 41 heavy (non-hydrogen) atoms. The van der Waals surface area contributed by atoms with Crippen LogP contribution >= 0.6 is 0 Å². The van der Waals surface area contributed by atoms with Gasteiger partial charge in [-0.2, -0.15) is 13.5 Å². The summed E-state index contributed by atoms with van der Waals surface area (Å²) >= 11 is 0. The molecule has 0 atom stereocenters. The monoisotopic (exact) mass is 575 g/mol. The molecule has 0 spiro atoms. The molecule has 0 fully saturated rings. The van der Waals surface area contributed by atoms with Crippen molar-refractivity contribution in [2.45, 2.75) is 11.4 Å². The first kappa shape index (κ1) is 27.7. The second kappa shape index (κ2) is 11.7. The molecule has 0 saturated carbocycles. The normalized spacial score (nSPS) is 11.5. The van der Waals surface area contributed by atoms with Gasteiger partial charge in [-0.15, -0.1) is 0 Å². The highest BCUT2D eigenvalue weighted by Gasteiger charge is 2.29. The topological polar surface area (TPSA) is 123 Å². The van der Waals surface area contributed by atoms with Crippen molar-refractivity contribution in [1.29, 1.82) is 0 Å². The van der Waals surface area contributed by atoms with Gasteiger partial charge in [-0.3, -0.25) is 9.48 Å². The van der Waals surface area contributed by atoms with Crippen LogP contribution in [0, 0.1) is 5.82 Å². The molecule has 0 saturated heterocycles. The summed E-state index contributed by atoms with van der Waals surface area (Å²) in [6.45, 7) is 1.62. The van der Waals surface area contributed by atoms with Crippen LogP contribution in [0.25, 0.3) is 22.2 Å². The number of fused-ring (bicyclic) bond motifs is 1. The zero-order chi connectivity index (χ0) is 29.0. The lowest BCUT2D eigenvalue weighted by atomic mass is 10.1. The van der Waals surface area contributed by atoms with E-state index in [-0.39, 0.29) is 12.2 Å². The van der Waals surface area contributed by atoms with Gasteiger partial charge in [-0.25, -0.2) is 14.4 Å². The van der Waals surface area contributed by atoms with Gasteiger partial charge in [0.15, 0.2) is 0 Å². The van der Waals surface area contributed by atoms with Crippen LogP contribution in [0.1, 0.15) is 0 Å². The molecule has 0 amide bonds. The van der Waals surface area contributed by atoms with Crippen LogP contribution < -0.4 is 9.79 Å². The summed E-state index contributed by atoms with van der Waals surface area (Å²) in [5, 5.41) is 8.65. The second-order valence-electron chi connectivity index (χ2n) is 9.27. The summed E-state index contributed by atoms with van der Waals surface area (Å²) < 4.78 is 42.6. The number of hydrogen-bond donors (Lipinski definition) is 1. The van der Waals surface area contributed by atoms with E-state index in [0.717, 1.165) is 41.7 Å². The molecule has 0 bridgehead atoms. The fraction of sp³-hybridized carbons (Fsp3) is 0.143. The third-order valence-electron chi connectivity index (χ3n) is 6.19. The largest absolute Gasteiger partial charge is 0.340 e. The van der Waals surface area contributed by atoms with Gasteiger partial charge in [0.1, 0.15) is 22.9 Å². The molecule has 0 unspecified atom stereocenters. The Morgan fingerprint density at radius 1 is 1.02 bits per heavy atom. The third kappa shape index (κ3) is 6.00. The van der Waals surface area contributed by atoms with Crippen molar-refractivity contribution in [3.05, 3.63) is 91.1 Å². The lowest BCUT2D eigenvalue weighted by Gasteiger charge is -2.21. The van der Waals surface area contributed by atoms with E-state index in [0.29, 0.717) is 21.7 Å². The number of halogens is 1. The Morgan fingerprint density at radius 3 is 2.54 bits per heavy atom. The molecule has 0 aliphatic rings. The summed E-state index contributed by atoms with van der Waals surface area (Å²) in [6, 6.07) is 18.6. The van der Waals surface area contributed by atoms with Crippen LogP contribution in [-0.4, -0.2) is 60.2 Å². The fourth-order valence-electron chi connectivity index (χ4n) is 4.16. The quantitative estimate of drug-likeness (QED) is 0.182. The maximum atomic E-state index is 14.2. The summed E-state index contributed by atoms with van der Waals surface area (Å²) in [6.07, 6.45) is 3.28. The Bertz CT molecular complexity index is 1790. The lowest BCUT2D eigenvalue weighted by Crippen LogP contribution is -2.31. The second-order valence-corrected chi connectivity index (χ2v) is 11.0. The molecule has 210 valence electrons. The average Bonchev–Trinajstić information content (AvgIpc) is 3.38. The van der Waals surface area contributed by atoms with E-state index in [9.17, 15) is 17.6 Å². The first-order valence-corrected chi connectivity index (χ1v) is 13.9. The van der Waals surface area contributed by atoms with Gasteiger partial charge in [0.05, 0.1) is 29.6 Å². The molecule has 13 heteroatoms. The summed E-state index contributed by atoms with van der Waals surface area (Å²) in [4.78, 5) is 26.0. The SMILES string of the molecule is CN(C)CCn1ncc2cc(-c3cc(Nc4ccc(N(OC=O)S(=O)(=O)c5ccccc5F)cc4)ncn3)ccc21. The minimum atomic E-state index is -4.52. The van der Waals surface area contributed by atoms with Gasteiger partial charge in [0.25, 0.3) is 10.0 Å². The van der Waals surface area contributed by atoms with Gasteiger partial charge < -0.3 is 15.1 Å². The fourth-order valence-corrected chi connectivity index (χ4v) is 5.45. The van der Waals surface area contributed by atoms with Gasteiger partial charge in [-0.1, -0.05) is 22.7 Å². The zero-order valence-corrected chi connectivity index (χ0v) is 23.0. The highest BCUT2D eigenvalue weighted by atomic mass is 32.2. The molecule has 11 nitrogen and oxygen atoms in total. The number of carbonyl (C=O) groups excluding carboxylic acids is 1. The summed E-state index contributed by atoms with van der Waals surface area (Å²) in [5.41, 5.74) is 3.20. The number of hydrogen-bond acceptors (Lipinski definition) is 9. The van der Waals surface area contributed by atoms with Crippen molar-refractivity contribution in [3.8, 4) is 11.3 Å². The first-order chi connectivity index (χ1) is 19.8. The number of likely N-dealkylation sites (N-methyl/N-ethyl adjacent to an activating group) is 1. The molecule has 0 aliphatic heterocycles. The molecule has 0 radical (unpaired) electrons. The zero-order valence-electron chi connectivity index (χ0n) is 22.2. The number of sulfonamides is 1. The number of carbonyl (C=O) groups is 1. The third-order valence-corrected chi connectivity index (χ3v) is 7.81. The van der Waals surface area contributed by atoms with Crippen LogP contribution in [0.4, 0.5) is 21.6 Å². The predicted octanol–water partition coefficient (Wildman–Crippen LogP) is 4.22. The summed E-state index contributed by atoms with van der Waals surface area (Å²) in [5.74, 6) is -0.466. The first-order valence-electron chi connectivity index (χ1n) is 12.5. The van der Waals surface area contributed by atoms with E-state index in [1.165, 1.54) is 30.6 Å². The molecule has 3 aromatic carbocycles.